The monoisotopic (exact) mass is 333 g/mol. The van der Waals surface area contributed by atoms with Crippen LogP contribution in [0.4, 0.5) is 9.18 Å². The van der Waals surface area contributed by atoms with Crippen molar-refractivity contribution in [2.75, 3.05) is 13.1 Å². The Bertz CT molecular complexity index is 689. The maximum absolute atomic E-state index is 13.5. The third-order valence-corrected chi connectivity index (χ3v) is 4.67. The standard InChI is InChI=1S/C17H20FN3O3/c1-17(12-6-7-12)15(23)21(16(24)20-17)10-14(22)19-9-8-11-4-2-3-5-13(11)18/h2-5,12H,6-10H2,1H3,(H,19,22)(H,20,24)/t17-/m1/s1. The fourth-order valence-electron chi connectivity index (χ4n) is 3.03. The molecule has 1 aliphatic heterocycles. The number of carbonyl (C=O) groups excluding carboxylic acids is 3. The predicted molar refractivity (Wildman–Crippen MR) is 84.5 cm³/mol. The number of nitrogens with zero attached hydrogens (tertiary/aromatic N) is 1. The minimum atomic E-state index is -0.884. The number of urea groups is 1. The van der Waals surface area contributed by atoms with Gasteiger partial charge < -0.3 is 10.6 Å². The van der Waals surface area contributed by atoms with E-state index in [1.54, 1.807) is 25.1 Å². The maximum atomic E-state index is 13.5. The van der Waals surface area contributed by atoms with E-state index >= 15 is 0 Å². The van der Waals surface area contributed by atoms with Gasteiger partial charge in [-0.15, -0.1) is 0 Å². The molecule has 24 heavy (non-hydrogen) atoms. The molecule has 0 bridgehead atoms. The van der Waals surface area contributed by atoms with Crippen molar-refractivity contribution in [3.8, 4) is 0 Å². The molecule has 1 atom stereocenters. The van der Waals surface area contributed by atoms with Crippen molar-refractivity contribution < 1.29 is 18.8 Å². The van der Waals surface area contributed by atoms with Crippen LogP contribution in [0.3, 0.4) is 0 Å². The molecule has 0 unspecified atom stereocenters. The van der Waals surface area contributed by atoms with Gasteiger partial charge in [0.2, 0.25) is 5.91 Å². The Morgan fingerprint density at radius 1 is 1.38 bits per heavy atom. The molecule has 1 aromatic rings. The van der Waals surface area contributed by atoms with E-state index in [0.717, 1.165) is 17.7 Å². The minimum Gasteiger partial charge on any atom is -0.354 e. The molecule has 2 fully saturated rings. The van der Waals surface area contributed by atoms with Crippen molar-refractivity contribution >= 4 is 17.8 Å². The van der Waals surface area contributed by atoms with Crippen LogP contribution in [0, 0.1) is 11.7 Å². The highest BCUT2D eigenvalue weighted by Gasteiger charge is 2.56. The summed E-state index contributed by atoms with van der Waals surface area (Å²) >= 11 is 0. The highest BCUT2D eigenvalue weighted by molar-refractivity contribution is 6.09. The Morgan fingerprint density at radius 2 is 2.08 bits per heavy atom. The van der Waals surface area contributed by atoms with Crippen LogP contribution in [-0.4, -0.2) is 41.4 Å². The predicted octanol–water partition coefficient (Wildman–Crippen LogP) is 1.20. The zero-order chi connectivity index (χ0) is 17.3. The molecular weight excluding hydrogens is 313 g/mol. The van der Waals surface area contributed by atoms with Gasteiger partial charge in [0.25, 0.3) is 5.91 Å². The Balaban J connectivity index is 1.51. The van der Waals surface area contributed by atoms with Crippen LogP contribution in [-0.2, 0) is 16.0 Å². The number of imide groups is 1. The molecule has 3 rings (SSSR count). The van der Waals surface area contributed by atoms with E-state index in [0.29, 0.717) is 12.0 Å². The van der Waals surface area contributed by atoms with Crippen LogP contribution in [0.2, 0.25) is 0 Å². The third kappa shape index (κ3) is 3.11. The van der Waals surface area contributed by atoms with Gasteiger partial charge in [-0.05, 0) is 43.7 Å². The van der Waals surface area contributed by atoms with E-state index in [9.17, 15) is 18.8 Å². The molecule has 1 saturated carbocycles. The Labute approximate surface area is 139 Å². The lowest BCUT2D eigenvalue weighted by atomic mass is 9.96. The van der Waals surface area contributed by atoms with Crippen molar-refractivity contribution in [3.63, 3.8) is 0 Å². The molecule has 2 N–H and O–H groups in total. The summed E-state index contributed by atoms with van der Waals surface area (Å²) in [5.74, 6) is -0.946. The van der Waals surface area contributed by atoms with Gasteiger partial charge in [0.1, 0.15) is 17.9 Å². The molecule has 1 saturated heterocycles. The second-order valence-corrected chi connectivity index (χ2v) is 6.49. The normalized spacial score (nSPS) is 23.3. The van der Waals surface area contributed by atoms with Crippen molar-refractivity contribution in [2.45, 2.75) is 31.7 Å². The average molecular weight is 333 g/mol. The third-order valence-electron chi connectivity index (χ3n) is 4.67. The molecule has 7 heteroatoms. The first kappa shape index (κ1) is 16.4. The van der Waals surface area contributed by atoms with E-state index in [1.807, 2.05) is 0 Å². The summed E-state index contributed by atoms with van der Waals surface area (Å²) in [7, 11) is 0. The highest BCUT2D eigenvalue weighted by atomic mass is 19.1. The Hall–Kier alpha value is -2.44. The lowest BCUT2D eigenvalue weighted by Crippen LogP contribution is -2.47. The first-order valence-corrected chi connectivity index (χ1v) is 8.06. The smallest absolute Gasteiger partial charge is 0.325 e. The average Bonchev–Trinajstić information content (AvgIpc) is 3.36. The molecule has 1 aliphatic carbocycles. The summed E-state index contributed by atoms with van der Waals surface area (Å²) in [5, 5.41) is 5.31. The lowest BCUT2D eigenvalue weighted by Gasteiger charge is -2.20. The van der Waals surface area contributed by atoms with Crippen LogP contribution < -0.4 is 10.6 Å². The number of benzene rings is 1. The first-order valence-electron chi connectivity index (χ1n) is 8.06. The fourth-order valence-corrected chi connectivity index (χ4v) is 3.03. The molecule has 2 aliphatic rings. The number of carbonyl (C=O) groups is 3. The van der Waals surface area contributed by atoms with Gasteiger partial charge in [0, 0.05) is 6.54 Å². The van der Waals surface area contributed by atoms with E-state index in [1.165, 1.54) is 6.07 Å². The largest absolute Gasteiger partial charge is 0.354 e. The summed E-state index contributed by atoms with van der Waals surface area (Å²) in [6, 6.07) is 5.82. The van der Waals surface area contributed by atoms with Crippen molar-refractivity contribution in [1.82, 2.24) is 15.5 Å². The molecule has 128 valence electrons. The molecule has 0 spiro atoms. The van der Waals surface area contributed by atoms with Gasteiger partial charge in [-0.25, -0.2) is 9.18 Å². The number of halogens is 1. The summed E-state index contributed by atoms with van der Waals surface area (Å²) in [5.41, 5.74) is -0.376. The molecule has 0 aromatic heterocycles. The van der Waals surface area contributed by atoms with Gasteiger partial charge in [0.05, 0.1) is 0 Å². The summed E-state index contributed by atoms with van der Waals surface area (Å²) in [4.78, 5) is 37.3. The topological polar surface area (TPSA) is 78.5 Å². The van der Waals surface area contributed by atoms with Crippen LogP contribution in [0.15, 0.2) is 24.3 Å². The van der Waals surface area contributed by atoms with E-state index in [-0.39, 0.29) is 30.7 Å². The summed E-state index contributed by atoms with van der Waals surface area (Å²) in [6.45, 7) is 1.63. The van der Waals surface area contributed by atoms with Crippen molar-refractivity contribution in [1.29, 1.82) is 0 Å². The second-order valence-electron chi connectivity index (χ2n) is 6.49. The zero-order valence-corrected chi connectivity index (χ0v) is 13.5. The number of hydrogen-bond acceptors (Lipinski definition) is 3. The van der Waals surface area contributed by atoms with Gasteiger partial charge in [0.15, 0.2) is 0 Å². The Kier molecular flexibility index (Phi) is 4.26. The molecule has 1 heterocycles. The number of rotatable bonds is 6. The van der Waals surface area contributed by atoms with Crippen molar-refractivity contribution in [3.05, 3.63) is 35.6 Å². The quantitative estimate of drug-likeness (QED) is 0.768. The van der Waals surface area contributed by atoms with Crippen LogP contribution in [0.1, 0.15) is 25.3 Å². The van der Waals surface area contributed by atoms with Gasteiger partial charge in [-0.1, -0.05) is 18.2 Å². The fraction of sp³-hybridized carbons (Fsp3) is 0.471. The molecule has 1 aromatic carbocycles. The molecule has 6 nitrogen and oxygen atoms in total. The molecule has 0 radical (unpaired) electrons. The summed E-state index contributed by atoms with van der Waals surface area (Å²) < 4.78 is 13.5. The number of amides is 4. The lowest BCUT2D eigenvalue weighted by molar-refractivity contribution is -0.135. The second kappa shape index (κ2) is 6.22. The Morgan fingerprint density at radius 3 is 2.75 bits per heavy atom. The minimum absolute atomic E-state index is 0.156. The van der Waals surface area contributed by atoms with Gasteiger partial charge in [-0.2, -0.15) is 0 Å². The van der Waals surface area contributed by atoms with E-state index < -0.39 is 17.5 Å². The first-order chi connectivity index (χ1) is 11.4. The number of nitrogens with one attached hydrogen (secondary N) is 2. The maximum Gasteiger partial charge on any atom is 0.325 e. The zero-order valence-electron chi connectivity index (χ0n) is 13.5. The SMILES string of the molecule is C[C@]1(C2CC2)NC(=O)N(CC(=O)NCCc2ccccc2F)C1=O. The van der Waals surface area contributed by atoms with Gasteiger partial charge >= 0.3 is 6.03 Å². The highest BCUT2D eigenvalue weighted by Crippen LogP contribution is 2.42. The van der Waals surface area contributed by atoms with E-state index in [2.05, 4.69) is 10.6 Å². The molecular formula is C17H20FN3O3. The number of hydrogen-bond donors (Lipinski definition) is 2. The van der Waals surface area contributed by atoms with E-state index in [4.69, 9.17) is 0 Å². The van der Waals surface area contributed by atoms with Gasteiger partial charge in [-0.3, -0.25) is 14.5 Å². The summed E-state index contributed by atoms with van der Waals surface area (Å²) in [6.07, 6.45) is 2.16. The van der Waals surface area contributed by atoms with Crippen LogP contribution >= 0.6 is 0 Å². The van der Waals surface area contributed by atoms with Crippen molar-refractivity contribution in [2.24, 2.45) is 5.92 Å². The molecule has 4 amide bonds. The van der Waals surface area contributed by atoms with Crippen LogP contribution in [0.5, 0.6) is 0 Å². The van der Waals surface area contributed by atoms with Crippen LogP contribution in [0.25, 0.3) is 0 Å².